The molecule has 0 radical (unpaired) electrons. The van der Waals surface area contributed by atoms with Crippen LogP contribution in [0.15, 0.2) is 28.1 Å². The van der Waals surface area contributed by atoms with Gasteiger partial charge in [-0.1, -0.05) is 0 Å². The highest BCUT2D eigenvalue weighted by Crippen LogP contribution is 2.33. The second-order valence-corrected chi connectivity index (χ2v) is 7.43. The van der Waals surface area contributed by atoms with Crippen molar-refractivity contribution in [1.82, 2.24) is 15.5 Å². The zero-order valence-electron chi connectivity index (χ0n) is 15.0. The molecule has 28 heavy (non-hydrogen) atoms. The van der Waals surface area contributed by atoms with Gasteiger partial charge in [0.15, 0.2) is 5.17 Å². The van der Waals surface area contributed by atoms with E-state index >= 15 is 0 Å². The molecule has 10 heteroatoms. The predicted octanol–water partition coefficient (Wildman–Crippen LogP) is 2.53. The molecule has 2 saturated heterocycles. The monoisotopic (exact) mass is 406 g/mol. The fraction of sp³-hybridized carbons (Fsp3) is 0.389. The zero-order chi connectivity index (χ0) is 19.5. The average Bonchev–Trinajstić information content (AvgIpc) is 3.35. The maximum Gasteiger partial charge on any atom is 0.439 e. The molecule has 0 aliphatic carbocycles. The molecule has 0 spiro atoms. The van der Waals surface area contributed by atoms with Gasteiger partial charge < -0.3 is 4.74 Å². The quantitative estimate of drug-likeness (QED) is 0.756. The van der Waals surface area contributed by atoms with E-state index in [2.05, 4.69) is 10.4 Å². The van der Waals surface area contributed by atoms with Crippen LogP contribution in [0.3, 0.4) is 0 Å². The van der Waals surface area contributed by atoms with Gasteiger partial charge in [-0.25, -0.2) is 14.6 Å². The number of aliphatic imine (C=N–C) groups is 1. The molecular formula is C18H19FN4O4S. The first-order valence-corrected chi connectivity index (χ1v) is 9.87. The molecule has 0 bridgehead atoms. The Hall–Kier alpha value is -2.43. The minimum absolute atomic E-state index is 0.0194. The summed E-state index contributed by atoms with van der Waals surface area (Å²) >= 11 is 1.23. The summed E-state index contributed by atoms with van der Waals surface area (Å²) in [6, 6.07) is 3.81. The van der Waals surface area contributed by atoms with Crippen molar-refractivity contribution in [3.05, 3.63) is 34.5 Å². The Kier molecular flexibility index (Phi) is 5.60. The van der Waals surface area contributed by atoms with E-state index in [9.17, 15) is 14.0 Å². The Bertz CT molecular complexity index is 848. The predicted molar refractivity (Wildman–Crippen MR) is 102 cm³/mol. The van der Waals surface area contributed by atoms with Crippen LogP contribution in [0.2, 0.25) is 0 Å². The first-order valence-electron chi connectivity index (χ1n) is 9.05. The number of amides is 2. The smallest absolute Gasteiger partial charge is 0.408 e. The fourth-order valence-electron chi connectivity index (χ4n) is 2.96. The number of thioether (sulfide) groups is 1. The molecule has 0 atom stereocenters. The Morgan fingerprint density at radius 3 is 2.96 bits per heavy atom. The van der Waals surface area contributed by atoms with E-state index in [1.54, 1.807) is 6.08 Å². The number of hydrogen-bond acceptors (Lipinski definition) is 7. The lowest BCUT2D eigenvalue weighted by Crippen LogP contribution is -2.45. The number of amidine groups is 1. The lowest BCUT2D eigenvalue weighted by atomic mass is 10.2. The van der Waals surface area contributed by atoms with Crippen LogP contribution < -0.4 is 10.2 Å². The average molecular weight is 406 g/mol. The molecule has 0 unspecified atom stereocenters. The minimum atomic E-state index is -0.720. The number of hydroxylamine groups is 2. The highest BCUT2D eigenvalue weighted by Gasteiger charge is 2.28. The Morgan fingerprint density at radius 1 is 1.32 bits per heavy atom. The summed E-state index contributed by atoms with van der Waals surface area (Å²) in [6.07, 6.45) is 3.65. The number of carbonyl (C=O) groups is 2. The first kappa shape index (κ1) is 18.9. The molecule has 148 valence electrons. The largest absolute Gasteiger partial charge is 0.439 e. The number of hydrogen-bond donors (Lipinski definition) is 1. The van der Waals surface area contributed by atoms with Crippen LogP contribution in [0.5, 0.6) is 5.75 Å². The molecular weight excluding hydrogens is 387 g/mol. The fourth-order valence-corrected chi connectivity index (χ4v) is 3.87. The summed E-state index contributed by atoms with van der Waals surface area (Å²) in [5.74, 6) is -0.907. The van der Waals surface area contributed by atoms with Gasteiger partial charge in [-0.3, -0.25) is 14.6 Å². The number of carbonyl (C=O) groups excluding carboxylic acids is 2. The van der Waals surface area contributed by atoms with E-state index in [0.29, 0.717) is 35.2 Å². The molecule has 2 fully saturated rings. The molecule has 4 rings (SSSR count). The van der Waals surface area contributed by atoms with Gasteiger partial charge in [0.1, 0.15) is 11.6 Å². The molecule has 3 aliphatic heterocycles. The summed E-state index contributed by atoms with van der Waals surface area (Å²) in [7, 11) is 0. The normalized spacial score (nSPS) is 21.4. The maximum atomic E-state index is 13.7. The standard InChI is InChI=1S/C18H19FN4O4S/c19-13-5-4-12(14(11-13)27-18(25)23-8-3-9-26-23)10-15-16(24)21-17(28-15)22-7-2-1-6-20-22/h4-5,10-11,20H,1-3,6-9H2/b15-10+. The van der Waals surface area contributed by atoms with Gasteiger partial charge >= 0.3 is 6.09 Å². The van der Waals surface area contributed by atoms with Crippen molar-refractivity contribution >= 4 is 35.0 Å². The topological polar surface area (TPSA) is 83.5 Å². The number of benzene rings is 1. The maximum absolute atomic E-state index is 13.7. The number of ether oxygens (including phenoxy) is 1. The van der Waals surface area contributed by atoms with E-state index in [0.717, 1.165) is 37.1 Å². The van der Waals surface area contributed by atoms with Crippen LogP contribution in [-0.4, -0.2) is 53.5 Å². The number of hydrazine groups is 1. The number of halogens is 1. The molecule has 8 nitrogen and oxygen atoms in total. The van der Waals surface area contributed by atoms with Crippen LogP contribution in [-0.2, 0) is 9.63 Å². The summed E-state index contributed by atoms with van der Waals surface area (Å²) < 4.78 is 19.0. The van der Waals surface area contributed by atoms with Crippen molar-refractivity contribution in [2.24, 2.45) is 4.99 Å². The van der Waals surface area contributed by atoms with E-state index in [1.165, 1.54) is 23.9 Å². The zero-order valence-corrected chi connectivity index (χ0v) is 15.8. The number of nitrogens with one attached hydrogen (secondary N) is 1. The van der Waals surface area contributed by atoms with Gasteiger partial charge in [-0.05, 0) is 49.2 Å². The van der Waals surface area contributed by atoms with Crippen LogP contribution in [0.1, 0.15) is 24.8 Å². The SMILES string of the molecule is O=C1N=C(N2CCCCN2)S/C1=C/c1ccc(F)cc1OC(=O)N1CCCO1. The first-order chi connectivity index (χ1) is 13.6. The molecule has 1 N–H and O–H groups in total. The van der Waals surface area contributed by atoms with Crippen LogP contribution in [0.25, 0.3) is 6.08 Å². The van der Waals surface area contributed by atoms with Crippen molar-refractivity contribution in [3.63, 3.8) is 0 Å². The van der Waals surface area contributed by atoms with E-state index in [4.69, 9.17) is 9.57 Å². The summed E-state index contributed by atoms with van der Waals surface area (Å²) in [6.45, 7) is 2.47. The van der Waals surface area contributed by atoms with Crippen molar-refractivity contribution in [1.29, 1.82) is 0 Å². The molecule has 0 aromatic heterocycles. The second kappa shape index (κ2) is 8.29. The summed E-state index contributed by atoms with van der Waals surface area (Å²) in [5.41, 5.74) is 3.62. The van der Waals surface area contributed by atoms with Gasteiger partial charge in [-0.15, -0.1) is 0 Å². The molecule has 1 aromatic rings. The second-order valence-electron chi connectivity index (χ2n) is 6.42. The third-order valence-corrected chi connectivity index (χ3v) is 5.37. The third kappa shape index (κ3) is 4.18. The van der Waals surface area contributed by atoms with Gasteiger partial charge in [0, 0.05) is 24.7 Å². The summed E-state index contributed by atoms with van der Waals surface area (Å²) in [4.78, 5) is 34.1. The van der Waals surface area contributed by atoms with Crippen molar-refractivity contribution in [2.45, 2.75) is 19.3 Å². The molecule has 2 amide bonds. The molecule has 1 aromatic carbocycles. The van der Waals surface area contributed by atoms with E-state index in [1.807, 2.05) is 5.01 Å². The third-order valence-electron chi connectivity index (χ3n) is 4.37. The number of nitrogens with zero attached hydrogens (tertiary/aromatic N) is 3. The van der Waals surface area contributed by atoms with Gasteiger partial charge in [0.05, 0.1) is 18.1 Å². The molecule has 3 aliphatic rings. The van der Waals surface area contributed by atoms with Gasteiger partial charge in [0.25, 0.3) is 5.91 Å². The number of rotatable bonds is 2. The van der Waals surface area contributed by atoms with Crippen LogP contribution >= 0.6 is 11.8 Å². The summed E-state index contributed by atoms with van der Waals surface area (Å²) in [5, 5.41) is 3.55. The van der Waals surface area contributed by atoms with E-state index < -0.39 is 11.9 Å². The molecule has 3 heterocycles. The van der Waals surface area contributed by atoms with Crippen LogP contribution in [0, 0.1) is 5.82 Å². The van der Waals surface area contributed by atoms with Gasteiger partial charge in [0.2, 0.25) is 0 Å². The lowest BCUT2D eigenvalue weighted by Gasteiger charge is -2.28. The van der Waals surface area contributed by atoms with Crippen molar-refractivity contribution in [2.75, 3.05) is 26.2 Å². The lowest BCUT2D eigenvalue weighted by molar-refractivity contribution is -0.113. The highest BCUT2D eigenvalue weighted by molar-refractivity contribution is 8.18. The Labute approximate surface area is 165 Å². The van der Waals surface area contributed by atoms with Gasteiger partial charge in [-0.2, -0.15) is 10.1 Å². The highest BCUT2D eigenvalue weighted by atomic mass is 32.2. The van der Waals surface area contributed by atoms with Crippen molar-refractivity contribution in [3.8, 4) is 5.75 Å². The van der Waals surface area contributed by atoms with Crippen LogP contribution in [0.4, 0.5) is 9.18 Å². The van der Waals surface area contributed by atoms with Crippen molar-refractivity contribution < 1.29 is 23.6 Å². The van der Waals surface area contributed by atoms with E-state index in [-0.39, 0.29) is 11.7 Å². The molecule has 0 saturated carbocycles. The minimum Gasteiger partial charge on any atom is -0.408 e. The Morgan fingerprint density at radius 2 is 2.21 bits per heavy atom. The Balaban J connectivity index is 1.52.